The minimum atomic E-state index is 0.527. The molecule has 0 radical (unpaired) electrons. The van der Waals surface area contributed by atoms with Gasteiger partial charge in [0.05, 0.1) is 21.3 Å². The van der Waals surface area contributed by atoms with Crippen molar-refractivity contribution in [2.75, 3.05) is 27.9 Å². The third kappa shape index (κ3) is 5.40. The van der Waals surface area contributed by atoms with Gasteiger partial charge in [-0.1, -0.05) is 32.0 Å². The molecule has 0 unspecified atom stereocenters. The fourth-order valence-electron chi connectivity index (χ4n) is 3.22. The van der Waals surface area contributed by atoms with Gasteiger partial charge in [-0.25, -0.2) is 0 Å². The van der Waals surface area contributed by atoms with Crippen LogP contribution in [-0.2, 0) is 6.54 Å². The van der Waals surface area contributed by atoms with E-state index in [2.05, 4.69) is 37.4 Å². The summed E-state index contributed by atoms with van der Waals surface area (Å²) in [7, 11) is 5.02. The van der Waals surface area contributed by atoms with Gasteiger partial charge in [0, 0.05) is 6.54 Å². The highest BCUT2D eigenvalue weighted by Crippen LogP contribution is 2.29. The molecule has 4 nitrogen and oxygen atoms in total. The Balaban J connectivity index is 1.89. The molecule has 26 heavy (non-hydrogen) atoms. The summed E-state index contributed by atoms with van der Waals surface area (Å²) in [6.07, 6.45) is 1.09. The van der Waals surface area contributed by atoms with Crippen LogP contribution in [0.2, 0.25) is 0 Å². The maximum atomic E-state index is 5.37. The maximum absolute atomic E-state index is 5.37. The fraction of sp³-hybridized carbons (Fsp3) is 0.455. The minimum Gasteiger partial charge on any atom is -0.497 e. The topological polar surface area (TPSA) is 39.7 Å². The third-order valence-corrected chi connectivity index (χ3v) is 4.76. The second-order valence-electron chi connectivity index (χ2n) is 6.78. The van der Waals surface area contributed by atoms with E-state index in [9.17, 15) is 0 Å². The fourth-order valence-corrected chi connectivity index (χ4v) is 3.22. The van der Waals surface area contributed by atoms with E-state index in [1.165, 1.54) is 11.1 Å². The van der Waals surface area contributed by atoms with Crippen molar-refractivity contribution >= 4 is 0 Å². The quantitative estimate of drug-likeness (QED) is 0.629. The number of hydrogen-bond acceptors (Lipinski definition) is 4. The van der Waals surface area contributed by atoms with Crippen LogP contribution in [0, 0.1) is 5.92 Å². The van der Waals surface area contributed by atoms with Crippen LogP contribution in [0.1, 0.15) is 37.3 Å². The van der Waals surface area contributed by atoms with Gasteiger partial charge in [-0.2, -0.15) is 0 Å². The summed E-state index contributed by atoms with van der Waals surface area (Å²) in [4.78, 5) is 0. The Labute approximate surface area is 157 Å². The van der Waals surface area contributed by atoms with Gasteiger partial charge in [0.15, 0.2) is 11.5 Å². The summed E-state index contributed by atoms with van der Waals surface area (Å²) in [5, 5.41) is 3.55. The second-order valence-corrected chi connectivity index (χ2v) is 6.78. The molecule has 0 spiro atoms. The van der Waals surface area contributed by atoms with Gasteiger partial charge in [-0.05, 0) is 60.2 Å². The summed E-state index contributed by atoms with van der Waals surface area (Å²) in [5.74, 6) is 3.55. The average molecular weight is 357 g/mol. The molecule has 0 saturated heterocycles. The van der Waals surface area contributed by atoms with Crippen molar-refractivity contribution in [2.45, 2.75) is 32.7 Å². The molecular formula is C22H31NO3. The normalized spacial score (nSPS) is 12.1. The van der Waals surface area contributed by atoms with E-state index in [1.807, 2.05) is 24.3 Å². The molecule has 1 atom stereocenters. The highest BCUT2D eigenvalue weighted by Gasteiger charge is 2.15. The van der Waals surface area contributed by atoms with Crippen molar-refractivity contribution in [1.29, 1.82) is 0 Å². The number of methoxy groups -OCH3 is 3. The second kappa shape index (κ2) is 10.1. The summed E-state index contributed by atoms with van der Waals surface area (Å²) in [5.41, 5.74) is 2.56. The van der Waals surface area contributed by atoms with Crippen molar-refractivity contribution in [3.63, 3.8) is 0 Å². The summed E-state index contributed by atoms with van der Waals surface area (Å²) in [6.45, 7) is 6.34. The number of nitrogens with one attached hydrogen (secondary N) is 1. The lowest BCUT2D eigenvalue weighted by molar-refractivity contribution is 0.354. The summed E-state index contributed by atoms with van der Waals surface area (Å²) < 4.78 is 15.9. The van der Waals surface area contributed by atoms with E-state index in [0.29, 0.717) is 11.8 Å². The predicted molar refractivity (Wildman–Crippen MR) is 106 cm³/mol. The molecular weight excluding hydrogens is 326 g/mol. The number of ether oxygens (including phenoxy) is 3. The van der Waals surface area contributed by atoms with Crippen molar-refractivity contribution in [1.82, 2.24) is 5.32 Å². The molecule has 0 bridgehead atoms. The molecule has 2 aromatic carbocycles. The molecule has 0 aliphatic rings. The molecule has 1 N–H and O–H groups in total. The number of hydrogen-bond donors (Lipinski definition) is 1. The lowest BCUT2D eigenvalue weighted by atomic mass is 9.86. The maximum Gasteiger partial charge on any atom is 0.161 e. The smallest absolute Gasteiger partial charge is 0.161 e. The van der Waals surface area contributed by atoms with Crippen LogP contribution < -0.4 is 19.5 Å². The molecule has 0 aliphatic carbocycles. The van der Waals surface area contributed by atoms with Crippen LogP contribution in [0.5, 0.6) is 17.2 Å². The van der Waals surface area contributed by atoms with Crippen LogP contribution in [0.25, 0.3) is 0 Å². The first-order valence-corrected chi connectivity index (χ1v) is 9.14. The summed E-state index contributed by atoms with van der Waals surface area (Å²) in [6, 6.07) is 14.5. The SMILES string of the molecule is COc1ccc([C@H](CCNCc2ccc(OC)c(OC)c2)C(C)C)cc1. The molecule has 0 amide bonds. The largest absolute Gasteiger partial charge is 0.497 e. The first kappa shape index (κ1) is 20.1. The van der Waals surface area contributed by atoms with Gasteiger partial charge in [0.1, 0.15) is 5.75 Å². The van der Waals surface area contributed by atoms with E-state index in [0.717, 1.165) is 36.8 Å². The highest BCUT2D eigenvalue weighted by molar-refractivity contribution is 5.42. The Kier molecular flexibility index (Phi) is 7.79. The lowest BCUT2D eigenvalue weighted by Gasteiger charge is -2.22. The molecule has 0 aliphatic heterocycles. The predicted octanol–water partition coefficient (Wildman–Crippen LogP) is 4.63. The Morgan fingerprint density at radius 1 is 0.846 bits per heavy atom. The molecule has 0 aromatic heterocycles. The molecule has 0 heterocycles. The van der Waals surface area contributed by atoms with Crippen molar-refractivity contribution in [3.05, 3.63) is 53.6 Å². The van der Waals surface area contributed by atoms with Crippen molar-refractivity contribution in [3.8, 4) is 17.2 Å². The van der Waals surface area contributed by atoms with Crippen LogP contribution >= 0.6 is 0 Å². The highest BCUT2D eigenvalue weighted by atomic mass is 16.5. The zero-order valence-corrected chi connectivity index (χ0v) is 16.5. The van der Waals surface area contributed by atoms with E-state index < -0.39 is 0 Å². The first-order chi connectivity index (χ1) is 12.6. The van der Waals surface area contributed by atoms with Gasteiger partial charge in [-0.15, -0.1) is 0 Å². The molecule has 2 rings (SSSR count). The van der Waals surface area contributed by atoms with Crippen LogP contribution in [0.3, 0.4) is 0 Å². The Hall–Kier alpha value is -2.20. The average Bonchev–Trinajstić information content (AvgIpc) is 2.67. The van der Waals surface area contributed by atoms with Gasteiger partial charge in [0.25, 0.3) is 0 Å². The molecule has 4 heteroatoms. The zero-order valence-electron chi connectivity index (χ0n) is 16.5. The Morgan fingerprint density at radius 2 is 1.54 bits per heavy atom. The van der Waals surface area contributed by atoms with E-state index >= 15 is 0 Å². The van der Waals surface area contributed by atoms with E-state index in [-0.39, 0.29) is 0 Å². The van der Waals surface area contributed by atoms with Gasteiger partial charge >= 0.3 is 0 Å². The zero-order chi connectivity index (χ0) is 18.9. The molecule has 0 saturated carbocycles. The minimum absolute atomic E-state index is 0.527. The van der Waals surface area contributed by atoms with Crippen molar-refractivity contribution in [2.24, 2.45) is 5.92 Å². The number of rotatable bonds is 10. The standard InChI is InChI=1S/C22H31NO3/c1-16(2)20(18-7-9-19(24-3)10-8-18)12-13-23-15-17-6-11-21(25-4)22(14-17)26-5/h6-11,14,16,20,23H,12-13,15H2,1-5H3/t20-/m1/s1. The molecule has 142 valence electrons. The molecule has 0 fully saturated rings. The van der Waals surface area contributed by atoms with Crippen LogP contribution in [0.15, 0.2) is 42.5 Å². The first-order valence-electron chi connectivity index (χ1n) is 9.14. The summed E-state index contributed by atoms with van der Waals surface area (Å²) >= 11 is 0. The Bertz CT molecular complexity index is 668. The van der Waals surface area contributed by atoms with Gasteiger partial charge in [-0.3, -0.25) is 0 Å². The number of benzene rings is 2. The van der Waals surface area contributed by atoms with Gasteiger partial charge < -0.3 is 19.5 Å². The van der Waals surface area contributed by atoms with E-state index in [1.54, 1.807) is 21.3 Å². The van der Waals surface area contributed by atoms with Crippen molar-refractivity contribution < 1.29 is 14.2 Å². The van der Waals surface area contributed by atoms with Crippen LogP contribution in [-0.4, -0.2) is 27.9 Å². The molecule has 2 aromatic rings. The Morgan fingerprint density at radius 3 is 2.12 bits per heavy atom. The third-order valence-electron chi connectivity index (χ3n) is 4.76. The van der Waals surface area contributed by atoms with E-state index in [4.69, 9.17) is 14.2 Å². The van der Waals surface area contributed by atoms with Gasteiger partial charge in [0.2, 0.25) is 0 Å². The van der Waals surface area contributed by atoms with Crippen LogP contribution in [0.4, 0.5) is 0 Å². The lowest BCUT2D eigenvalue weighted by Crippen LogP contribution is -2.19. The monoisotopic (exact) mass is 357 g/mol.